The van der Waals surface area contributed by atoms with E-state index >= 15 is 0 Å². The number of halogens is 1. The smallest absolute Gasteiger partial charge is 0.203 e. The van der Waals surface area contributed by atoms with Crippen LogP contribution in [0.3, 0.4) is 0 Å². The first-order chi connectivity index (χ1) is 7.47. The standard InChI is InChI=1S/C11H12FNO2S/c1-7(13-2)9-6-16(14,15)11-8(9)4-3-5-10(11)12/h3-7,13H,1-2H3. The molecule has 0 amide bonds. The zero-order valence-electron chi connectivity index (χ0n) is 8.99. The molecule has 1 heterocycles. The van der Waals surface area contributed by atoms with Gasteiger partial charge in [0.1, 0.15) is 10.7 Å². The van der Waals surface area contributed by atoms with Crippen LogP contribution in [0, 0.1) is 5.82 Å². The molecule has 0 aliphatic carbocycles. The summed E-state index contributed by atoms with van der Waals surface area (Å²) < 4.78 is 37.0. The zero-order valence-corrected chi connectivity index (χ0v) is 9.81. The molecule has 1 aliphatic heterocycles. The van der Waals surface area contributed by atoms with Crippen LogP contribution in [-0.4, -0.2) is 21.5 Å². The van der Waals surface area contributed by atoms with E-state index in [-0.39, 0.29) is 10.9 Å². The van der Waals surface area contributed by atoms with Crippen LogP contribution in [0.2, 0.25) is 0 Å². The summed E-state index contributed by atoms with van der Waals surface area (Å²) in [4.78, 5) is -0.202. The number of likely N-dealkylation sites (N-methyl/N-ethyl adjacent to an activating group) is 1. The van der Waals surface area contributed by atoms with Crippen molar-refractivity contribution >= 4 is 15.4 Å². The quantitative estimate of drug-likeness (QED) is 0.854. The predicted molar refractivity (Wildman–Crippen MR) is 60.1 cm³/mol. The molecule has 1 atom stereocenters. The Balaban J connectivity index is 2.70. The predicted octanol–water partition coefficient (Wildman–Crippen LogP) is 1.56. The molecular weight excluding hydrogens is 229 g/mol. The lowest BCUT2D eigenvalue weighted by Crippen LogP contribution is -2.22. The average Bonchev–Trinajstić information content (AvgIpc) is 2.51. The van der Waals surface area contributed by atoms with Crippen molar-refractivity contribution in [1.82, 2.24) is 5.32 Å². The average molecular weight is 241 g/mol. The van der Waals surface area contributed by atoms with E-state index in [1.54, 1.807) is 13.1 Å². The van der Waals surface area contributed by atoms with E-state index in [2.05, 4.69) is 5.32 Å². The first-order valence-corrected chi connectivity index (χ1v) is 6.45. The minimum absolute atomic E-state index is 0.127. The molecule has 0 saturated heterocycles. The van der Waals surface area contributed by atoms with E-state index in [4.69, 9.17) is 0 Å². The maximum Gasteiger partial charge on any atom is 0.203 e. The second-order valence-electron chi connectivity index (χ2n) is 3.75. The van der Waals surface area contributed by atoms with Crippen LogP contribution in [-0.2, 0) is 9.84 Å². The molecule has 5 heteroatoms. The van der Waals surface area contributed by atoms with Gasteiger partial charge in [-0.15, -0.1) is 0 Å². The Morgan fingerprint density at radius 1 is 1.38 bits per heavy atom. The Morgan fingerprint density at radius 2 is 2.06 bits per heavy atom. The van der Waals surface area contributed by atoms with Gasteiger partial charge >= 0.3 is 0 Å². The normalized spacial score (nSPS) is 19.1. The van der Waals surface area contributed by atoms with Crippen molar-refractivity contribution in [2.24, 2.45) is 0 Å². The van der Waals surface area contributed by atoms with Crippen LogP contribution in [0.15, 0.2) is 28.5 Å². The minimum Gasteiger partial charge on any atom is -0.313 e. The second-order valence-corrected chi connectivity index (χ2v) is 5.48. The summed E-state index contributed by atoms with van der Waals surface area (Å²) in [6.07, 6.45) is 0. The van der Waals surface area contributed by atoms with Crippen molar-refractivity contribution in [2.75, 3.05) is 7.05 Å². The van der Waals surface area contributed by atoms with E-state index in [0.29, 0.717) is 11.1 Å². The van der Waals surface area contributed by atoms with E-state index in [1.165, 1.54) is 6.07 Å². The molecule has 0 aromatic heterocycles. The lowest BCUT2D eigenvalue weighted by molar-refractivity contribution is 0.573. The van der Waals surface area contributed by atoms with Gasteiger partial charge in [-0.2, -0.15) is 0 Å². The second kappa shape index (κ2) is 3.68. The molecule has 0 bridgehead atoms. The van der Waals surface area contributed by atoms with Gasteiger partial charge in [-0.3, -0.25) is 0 Å². The number of hydrogen-bond acceptors (Lipinski definition) is 3. The lowest BCUT2D eigenvalue weighted by Gasteiger charge is -2.12. The highest BCUT2D eigenvalue weighted by Gasteiger charge is 2.31. The molecule has 0 saturated carbocycles. The molecule has 0 radical (unpaired) electrons. The number of rotatable bonds is 2. The van der Waals surface area contributed by atoms with Crippen LogP contribution >= 0.6 is 0 Å². The van der Waals surface area contributed by atoms with Gasteiger partial charge in [0.25, 0.3) is 0 Å². The maximum absolute atomic E-state index is 13.5. The molecule has 0 spiro atoms. The van der Waals surface area contributed by atoms with Crippen molar-refractivity contribution in [3.63, 3.8) is 0 Å². The molecule has 1 aliphatic rings. The summed E-state index contributed by atoms with van der Waals surface area (Å²) in [5, 5.41) is 4.09. The van der Waals surface area contributed by atoms with Crippen molar-refractivity contribution in [1.29, 1.82) is 0 Å². The summed E-state index contributed by atoms with van der Waals surface area (Å²) in [6, 6.07) is 4.18. The first-order valence-electron chi connectivity index (χ1n) is 4.90. The van der Waals surface area contributed by atoms with E-state index in [0.717, 1.165) is 11.5 Å². The van der Waals surface area contributed by atoms with Crippen LogP contribution in [0.25, 0.3) is 5.57 Å². The number of fused-ring (bicyclic) bond motifs is 1. The van der Waals surface area contributed by atoms with E-state index < -0.39 is 15.7 Å². The Bertz CT molecular complexity index is 563. The van der Waals surface area contributed by atoms with Crippen LogP contribution in [0.1, 0.15) is 12.5 Å². The maximum atomic E-state index is 13.5. The Morgan fingerprint density at radius 3 is 2.69 bits per heavy atom. The molecule has 1 aromatic rings. The Hall–Kier alpha value is -1.20. The minimum atomic E-state index is -3.62. The fourth-order valence-corrected chi connectivity index (χ4v) is 3.42. The summed E-state index contributed by atoms with van der Waals surface area (Å²) in [5.74, 6) is -0.688. The molecule has 1 unspecified atom stereocenters. The van der Waals surface area contributed by atoms with E-state index in [1.807, 2.05) is 6.92 Å². The number of nitrogens with one attached hydrogen (secondary N) is 1. The molecule has 2 rings (SSSR count). The summed E-state index contributed by atoms with van der Waals surface area (Å²) in [5.41, 5.74) is 1.07. The fourth-order valence-electron chi connectivity index (χ4n) is 1.81. The van der Waals surface area contributed by atoms with Crippen LogP contribution < -0.4 is 5.32 Å². The number of hydrogen-bond donors (Lipinski definition) is 1. The van der Waals surface area contributed by atoms with Gasteiger partial charge in [-0.05, 0) is 25.6 Å². The lowest BCUT2D eigenvalue weighted by atomic mass is 10.0. The Kier molecular flexibility index (Phi) is 2.59. The molecular formula is C11H12FNO2S. The van der Waals surface area contributed by atoms with E-state index in [9.17, 15) is 12.8 Å². The van der Waals surface area contributed by atoms with Gasteiger partial charge in [0, 0.05) is 17.0 Å². The van der Waals surface area contributed by atoms with Gasteiger partial charge in [0.2, 0.25) is 9.84 Å². The number of benzene rings is 1. The van der Waals surface area contributed by atoms with Gasteiger partial charge in [-0.25, -0.2) is 12.8 Å². The third kappa shape index (κ3) is 1.56. The van der Waals surface area contributed by atoms with Gasteiger partial charge < -0.3 is 5.32 Å². The van der Waals surface area contributed by atoms with Gasteiger partial charge in [0.05, 0.1) is 0 Å². The zero-order chi connectivity index (χ0) is 11.9. The highest BCUT2D eigenvalue weighted by Crippen LogP contribution is 2.36. The van der Waals surface area contributed by atoms with Crippen LogP contribution in [0.5, 0.6) is 0 Å². The summed E-state index contributed by atoms with van der Waals surface area (Å²) in [6.45, 7) is 1.83. The van der Waals surface area contributed by atoms with Crippen molar-refractivity contribution in [3.05, 3.63) is 35.0 Å². The fraction of sp³-hybridized carbons (Fsp3) is 0.273. The van der Waals surface area contributed by atoms with Gasteiger partial charge in [-0.1, -0.05) is 12.1 Å². The largest absolute Gasteiger partial charge is 0.313 e. The van der Waals surface area contributed by atoms with Crippen molar-refractivity contribution in [2.45, 2.75) is 17.9 Å². The molecule has 1 N–H and O–H groups in total. The van der Waals surface area contributed by atoms with Gasteiger partial charge in [0.15, 0.2) is 0 Å². The number of sulfone groups is 1. The topological polar surface area (TPSA) is 46.2 Å². The first kappa shape index (κ1) is 11.3. The monoisotopic (exact) mass is 241 g/mol. The molecule has 16 heavy (non-hydrogen) atoms. The third-order valence-electron chi connectivity index (χ3n) is 2.74. The summed E-state index contributed by atoms with van der Waals surface area (Å²) in [7, 11) is -1.89. The highest BCUT2D eigenvalue weighted by atomic mass is 32.2. The summed E-state index contributed by atoms with van der Waals surface area (Å²) >= 11 is 0. The molecule has 0 fully saturated rings. The SMILES string of the molecule is CNC(C)C1=CS(=O)(=O)c2c(F)cccc21. The van der Waals surface area contributed by atoms with Crippen molar-refractivity contribution in [3.8, 4) is 0 Å². The Labute approximate surface area is 93.9 Å². The molecule has 1 aromatic carbocycles. The van der Waals surface area contributed by atoms with Crippen LogP contribution in [0.4, 0.5) is 4.39 Å². The molecule has 86 valence electrons. The third-order valence-corrected chi connectivity index (χ3v) is 4.29. The van der Waals surface area contributed by atoms with Crippen molar-refractivity contribution < 1.29 is 12.8 Å². The molecule has 3 nitrogen and oxygen atoms in total. The highest BCUT2D eigenvalue weighted by molar-refractivity contribution is 7.95.